The van der Waals surface area contributed by atoms with Gasteiger partial charge >= 0.3 is 0 Å². The second-order valence-corrected chi connectivity index (χ2v) is 11.7. The number of ether oxygens (including phenoxy) is 1. The molecule has 0 radical (unpaired) electrons. The molecule has 0 aliphatic heterocycles. The number of carbonyl (C=O) groups is 1. The Labute approximate surface area is 214 Å². The van der Waals surface area contributed by atoms with Gasteiger partial charge in [0, 0.05) is 20.2 Å². The number of hydrogen-bond donors (Lipinski definition) is 0. The van der Waals surface area contributed by atoms with Crippen LogP contribution in [0.5, 0.6) is 0 Å². The van der Waals surface area contributed by atoms with E-state index in [0.29, 0.717) is 18.7 Å². The van der Waals surface area contributed by atoms with Crippen LogP contribution in [0.1, 0.15) is 37.7 Å². The fraction of sp³-hybridized carbons (Fsp3) is 0.393. The molecule has 7 nitrogen and oxygen atoms in total. The van der Waals surface area contributed by atoms with E-state index < -0.39 is 10.0 Å². The van der Waals surface area contributed by atoms with E-state index in [1.54, 1.807) is 35.4 Å². The van der Waals surface area contributed by atoms with Gasteiger partial charge in [-0.1, -0.05) is 63.2 Å². The first-order valence-corrected chi connectivity index (χ1v) is 13.5. The lowest BCUT2D eigenvalue weighted by molar-refractivity contribution is -0.132. The summed E-state index contributed by atoms with van der Waals surface area (Å²) in [6.45, 7) is 6.87. The van der Waals surface area contributed by atoms with Crippen molar-refractivity contribution in [3.63, 3.8) is 0 Å². The van der Waals surface area contributed by atoms with Gasteiger partial charge in [-0.3, -0.25) is 4.79 Å². The SMILES string of the molecule is COCCN(CC(=O)N(CCc1ccccc1)Cc1ccco1)S(=O)(=O)c1ccc(C(C)(C)C)cc1. The lowest BCUT2D eigenvalue weighted by atomic mass is 9.87. The third-order valence-electron chi connectivity index (χ3n) is 6.01. The van der Waals surface area contributed by atoms with Gasteiger partial charge in [0.1, 0.15) is 5.76 Å². The molecule has 2 aromatic carbocycles. The van der Waals surface area contributed by atoms with Gasteiger partial charge in [0.2, 0.25) is 15.9 Å². The van der Waals surface area contributed by atoms with Gasteiger partial charge in [-0.2, -0.15) is 4.31 Å². The summed E-state index contributed by atoms with van der Waals surface area (Å²) in [5.41, 5.74) is 2.03. The Balaban J connectivity index is 1.81. The Bertz CT molecular complexity index is 1180. The van der Waals surface area contributed by atoms with Crippen LogP contribution in [0.25, 0.3) is 0 Å². The number of methoxy groups -OCH3 is 1. The molecule has 1 heterocycles. The van der Waals surface area contributed by atoms with E-state index in [9.17, 15) is 13.2 Å². The number of benzene rings is 2. The van der Waals surface area contributed by atoms with E-state index in [4.69, 9.17) is 9.15 Å². The van der Waals surface area contributed by atoms with E-state index in [2.05, 4.69) is 20.8 Å². The molecule has 0 spiro atoms. The third-order valence-corrected chi connectivity index (χ3v) is 7.87. The Morgan fingerprint density at radius 2 is 1.64 bits per heavy atom. The number of amides is 1. The summed E-state index contributed by atoms with van der Waals surface area (Å²) >= 11 is 0. The van der Waals surface area contributed by atoms with Crippen molar-refractivity contribution in [3.8, 4) is 0 Å². The lowest BCUT2D eigenvalue weighted by Crippen LogP contribution is -2.44. The highest BCUT2D eigenvalue weighted by atomic mass is 32.2. The first kappa shape index (κ1) is 27.6. The molecule has 0 aliphatic rings. The second-order valence-electron chi connectivity index (χ2n) is 9.74. The molecular formula is C28H36N2O5S. The Morgan fingerprint density at radius 1 is 0.944 bits per heavy atom. The van der Waals surface area contributed by atoms with E-state index >= 15 is 0 Å². The second kappa shape index (κ2) is 12.3. The van der Waals surface area contributed by atoms with Crippen molar-refractivity contribution in [1.29, 1.82) is 0 Å². The van der Waals surface area contributed by atoms with Crippen molar-refractivity contribution in [2.24, 2.45) is 0 Å². The van der Waals surface area contributed by atoms with Crippen molar-refractivity contribution in [2.75, 3.05) is 33.4 Å². The van der Waals surface area contributed by atoms with Gasteiger partial charge in [0.25, 0.3) is 0 Å². The van der Waals surface area contributed by atoms with Crippen molar-refractivity contribution in [2.45, 2.75) is 44.0 Å². The maximum atomic E-state index is 13.5. The summed E-state index contributed by atoms with van der Waals surface area (Å²) < 4.78 is 38.9. The Hall–Kier alpha value is -2.94. The number of carbonyl (C=O) groups excluding carboxylic acids is 1. The fourth-order valence-electron chi connectivity index (χ4n) is 3.80. The normalized spacial score (nSPS) is 12.1. The molecule has 1 aromatic heterocycles. The van der Waals surface area contributed by atoms with Crippen LogP contribution >= 0.6 is 0 Å². The van der Waals surface area contributed by atoms with E-state index in [-0.39, 0.29) is 42.5 Å². The highest BCUT2D eigenvalue weighted by Gasteiger charge is 2.29. The van der Waals surface area contributed by atoms with Crippen molar-refractivity contribution >= 4 is 15.9 Å². The standard InChI is InChI=1S/C28H36N2O5S/c1-28(2,3)24-12-14-26(15-13-24)36(32,33)30(18-20-34-4)22-27(31)29(21-25-11-8-19-35-25)17-16-23-9-6-5-7-10-23/h5-15,19H,16-18,20-22H2,1-4H3. The Morgan fingerprint density at radius 3 is 2.22 bits per heavy atom. The minimum Gasteiger partial charge on any atom is -0.467 e. The molecule has 0 fully saturated rings. The van der Waals surface area contributed by atoms with Gasteiger partial charge in [0.15, 0.2) is 0 Å². The minimum atomic E-state index is -3.91. The van der Waals surface area contributed by atoms with Crippen LogP contribution in [-0.2, 0) is 37.9 Å². The van der Waals surface area contributed by atoms with Crippen LogP contribution < -0.4 is 0 Å². The van der Waals surface area contributed by atoms with Crippen molar-refractivity contribution in [3.05, 3.63) is 89.9 Å². The van der Waals surface area contributed by atoms with Crippen LogP contribution in [0.2, 0.25) is 0 Å². The lowest BCUT2D eigenvalue weighted by Gasteiger charge is -2.27. The summed E-state index contributed by atoms with van der Waals surface area (Å²) in [5.74, 6) is 0.341. The third kappa shape index (κ3) is 7.53. The molecule has 0 aliphatic carbocycles. The number of hydrogen-bond acceptors (Lipinski definition) is 5. The fourth-order valence-corrected chi connectivity index (χ4v) is 5.17. The molecule has 8 heteroatoms. The Kier molecular flexibility index (Phi) is 9.48. The number of sulfonamides is 1. The predicted molar refractivity (Wildman–Crippen MR) is 140 cm³/mol. The molecule has 36 heavy (non-hydrogen) atoms. The molecule has 0 saturated heterocycles. The average molecular weight is 513 g/mol. The van der Waals surface area contributed by atoms with E-state index in [1.165, 1.54) is 11.4 Å². The highest BCUT2D eigenvalue weighted by Crippen LogP contribution is 2.25. The van der Waals surface area contributed by atoms with E-state index in [1.807, 2.05) is 42.5 Å². The van der Waals surface area contributed by atoms with Gasteiger partial charge in [-0.25, -0.2) is 8.42 Å². The van der Waals surface area contributed by atoms with Gasteiger partial charge < -0.3 is 14.1 Å². The van der Waals surface area contributed by atoms with Crippen LogP contribution in [-0.4, -0.2) is 56.9 Å². The number of furan rings is 1. The molecule has 0 unspecified atom stereocenters. The predicted octanol–water partition coefficient (Wildman–Crippen LogP) is 4.49. The van der Waals surface area contributed by atoms with Crippen molar-refractivity contribution < 1.29 is 22.4 Å². The smallest absolute Gasteiger partial charge is 0.243 e. The molecule has 0 bridgehead atoms. The van der Waals surface area contributed by atoms with Crippen LogP contribution in [0.3, 0.4) is 0 Å². The van der Waals surface area contributed by atoms with Gasteiger partial charge in [0.05, 0.1) is 30.9 Å². The molecule has 0 saturated carbocycles. The summed E-state index contributed by atoms with van der Waals surface area (Å²) in [6, 6.07) is 20.3. The highest BCUT2D eigenvalue weighted by molar-refractivity contribution is 7.89. The summed E-state index contributed by atoms with van der Waals surface area (Å²) in [7, 11) is -2.40. The molecule has 0 atom stereocenters. The monoisotopic (exact) mass is 512 g/mol. The quantitative estimate of drug-likeness (QED) is 0.357. The summed E-state index contributed by atoms with van der Waals surface area (Å²) in [6.07, 6.45) is 2.21. The summed E-state index contributed by atoms with van der Waals surface area (Å²) in [5, 5.41) is 0. The molecule has 1 amide bonds. The van der Waals surface area contributed by atoms with E-state index in [0.717, 1.165) is 11.1 Å². The van der Waals surface area contributed by atoms with Crippen LogP contribution in [0.15, 0.2) is 82.3 Å². The maximum Gasteiger partial charge on any atom is 0.243 e. The first-order chi connectivity index (χ1) is 17.1. The molecule has 0 N–H and O–H groups in total. The topological polar surface area (TPSA) is 80.1 Å². The zero-order valence-electron chi connectivity index (χ0n) is 21.5. The molecule has 3 rings (SSSR count). The minimum absolute atomic E-state index is 0.0683. The zero-order chi connectivity index (χ0) is 26.2. The first-order valence-electron chi connectivity index (χ1n) is 12.0. The van der Waals surface area contributed by atoms with Crippen LogP contribution in [0.4, 0.5) is 0 Å². The zero-order valence-corrected chi connectivity index (χ0v) is 22.3. The number of rotatable bonds is 12. The largest absolute Gasteiger partial charge is 0.467 e. The average Bonchev–Trinajstić information content (AvgIpc) is 3.37. The summed E-state index contributed by atoms with van der Waals surface area (Å²) in [4.78, 5) is 15.3. The number of nitrogens with zero attached hydrogens (tertiary/aromatic N) is 2. The molecule has 3 aromatic rings. The molecular weight excluding hydrogens is 476 g/mol. The van der Waals surface area contributed by atoms with Crippen LogP contribution in [0, 0.1) is 0 Å². The van der Waals surface area contributed by atoms with Gasteiger partial charge in [-0.15, -0.1) is 0 Å². The maximum absolute atomic E-state index is 13.5. The van der Waals surface area contributed by atoms with Gasteiger partial charge in [-0.05, 0) is 47.2 Å². The van der Waals surface area contributed by atoms with Crippen molar-refractivity contribution in [1.82, 2.24) is 9.21 Å². The molecule has 194 valence electrons.